The predicted octanol–water partition coefficient (Wildman–Crippen LogP) is 2.16. The summed E-state index contributed by atoms with van der Waals surface area (Å²) in [6.45, 7) is 4.13. The molecular formula is C12H16ClNO4S. The first-order chi connectivity index (χ1) is 8.88. The molecule has 0 radical (unpaired) electrons. The lowest BCUT2D eigenvalue weighted by molar-refractivity contribution is 0.0600. The van der Waals surface area contributed by atoms with Gasteiger partial charge in [-0.1, -0.05) is 25.4 Å². The number of hydrogen-bond donors (Lipinski definition) is 0. The second-order valence-corrected chi connectivity index (χ2v) is 6.04. The molecule has 1 rings (SSSR count). The zero-order chi connectivity index (χ0) is 14.6. The highest BCUT2D eigenvalue weighted by molar-refractivity contribution is 7.89. The second-order valence-electron chi connectivity index (χ2n) is 3.73. The van der Waals surface area contributed by atoms with Crippen LogP contribution < -0.4 is 0 Å². The van der Waals surface area contributed by atoms with E-state index in [1.54, 1.807) is 13.8 Å². The Morgan fingerprint density at radius 3 is 2.37 bits per heavy atom. The van der Waals surface area contributed by atoms with Crippen LogP contribution in [0.4, 0.5) is 0 Å². The number of hydrogen-bond acceptors (Lipinski definition) is 4. The van der Waals surface area contributed by atoms with Crippen molar-refractivity contribution in [1.29, 1.82) is 0 Å². The lowest BCUT2D eigenvalue weighted by atomic mass is 10.2. The molecule has 1 aromatic carbocycles. The smallest absolute Gasteiger partial charge is 0.337 e. The van der Waals surface area contributed by atoms with Gasteiger partial charge in [0.15, 0.2) is 0 Å². The number of ether oxygens (including phenoxy) is 1. The maximum absolute atomic E-state index is 12.4. The van der Waals surface area contributed by atoms with Gasteiger partial charge in [-0.25, -0.2) is 13.2 Å². The third kappa shape index (κ3) is 3.26. The Bertz CT molecular complexity index is 567. The van der Waals surface area contributed by atoms with E-state index >= 15 is 0 Å². The van der Waals surface area contributed by atoms with Gasteiger partial charge in [-0.05, 0) is 18.2 Å². The van der Waals surface area contributed by atoms with Crippen LogP contribution in [0.2, 0.25) is 5.02 Å². The molecule has 1 aromatic rings. The Hall–Kier alpha value is -1.11. The van der Waals surface area contributed by atoms with E-state index in [0.717, 1.165) is 0 Å². The van der Waals surface area contributed by atoms with Crippen molar-refractivity contribution in [2.24, 2.45) is 0 Å². The Morgan fingerprint density at radius 2 is 1.89 bits per heavy atom. The van der Waals surface area contributed by atoms with Crippen LogP contribution in [0.25, 0.3) is 0 Å². The summed E-state index contributed by atoms with van der Waals surface area (Å²) in [5, 5.41) is 0.0829. The molecule has 0 unspecified atom stereocenters. The van der Waals surface area contributed by atoms with E-state index in [2.05, 4.69) is 4.74 Å². The number of carbonyl (C=O) groups excluding carboxylic acids is 1. The van der Waals surface area contributed by atoms with Crippen molar-refractivity contribution in [2.45, 2.75) is 18.7 Å². The molecule has 0 atom stereocenters. The SMILES string of the molecule is CCN(CC)S(=O)(=O)c1cc(C(=O)OC)ccc1Cl. The molecule has 0 spiro atoms. The molecule has 0 fully saturated rings. The van der Waals surface area contributed by atoms with Gasteiger partial charge in [0.2, 0.25) is 10.0 Å². The van der Waals surface area contributed by atoms with Crippen molar-refractivity contribution < 1.29 is 17.9 Å². The highest BCUT2D eigenvalue weighted by atomic mass is 35.5. The zero-order valence-electron chi connectivity index (χ0n) is 11.0. The zero-order valence-corrected chi connectivity index (χ0v) is 12.6. The predicted molar refractivity (Wildman–Crippen MR) is 72.9 cm³/mol. The Kier molecular flexibility index (Phi) is 5.34. The molecule has 0 aliphatic carbocycles. The first-order valence-electron chi connectivity index (χ1n) is 5.76. The van der Waals surface area contributed by atoms with Crippen LogP contribution >= 0.6 is 11.6 Å². The molecule has 0 saturated heterocycles. The number of halogens is 1. The van der Waals surface area contributed by atoms with E-state index in [9.17, 15) is 13.2 Å². The maximum atomic E-state index is 12.4. The number of carbonyl (C=O) groups is 1. The quantitative estimate of drug-likeness (QED) is 0.782. The van der Waals surface area contributed by atoms with Gasteiger partial charge < -0.3 is 4.74 Å². The van der Waals surface area contributed by atoms with E-state index < -0.39 is 16.0 Å². The van der Waals surface area contributed by atoms with Crippen molar-refractivity contribution in [3.8, 4) is 0 Å². The molecule has 0 aliphatic heterocycles. The minimum Gasteiger partial charge on any atom is -0.465 e. The highest BCUT2D eigenvalue weighted by Crippen LogP contribution is 2.26. The topological polar surface area (TPSA) is 63.7 Å². The first-order valence-corrected chi connectivity index (χ1v) is 7.58. The Balaban J connectivity index is 3.37. The molecule has 0 aliphatic rings. The summed E-state index contributed by atoms with van der Waals surface area (Å²) in [7, 11) is -2.47. The largest absolute Gasteiger partial charge is 0.465 e. The number of sulfonamides is 1. The van der Waals surface area contributed by atoms with Gasteiger partial charge in [0.25, 0.3) is 0 Å². The fourth-order valence-corrected chi connectivity index (χ4v) is 3.61. The summed E-state index contributed by atoms with van der Waals surface area (Å²) in [6.07, 6.45) is 0. The summed E-state index contributed by atoms with van der Waals surface area (Å²) in [4.78, 5) is 11.4. The molecule has 0 heterocycles. The standard InChI is InChI=1S/C12H16ClNO4S/c1-4-14(5-2)19(16,17)11-8-9(12(15)18-3)6-7-10(11)13/h6-8H,4-5H2,1-3H3. The van der Waals surface area contributed by atoms with Gasteiger partial charge in [0, 0.05) is 13.1 Å². The summed E-state index contributed by atoms with van der Waals surface area (Å²) in [6, 6.07) is 4.04. The van der Waals surface area contributed by atoms with Gasteiger partial charge in [-0.15, -0.1) is 0 Å². The lowest BCUT2D eigenvalue weighted by Crippen LogP contribution is -2.31. The third-order valence-electron chi connectivity index (χ3n) is 2.68. The Morgan fingerprint density at radius 1 is 1.32 bits per heavy atom. The van der Waals surface area contributed by atoms with Crippen molar-refractivity contribution in [1.82, 2.24) is 4.31 Å². The van der Waals surface area contributed by atoms with Gasteiger partial charge >= 0.3 is 5.97 Å². The fourth-order valence-electron chi connectivity index (χ4n) is 1.65. The lowest BCUT2D eigenvalue weighted by Gasteiger charge is -2.19. The maximum Gasteiger partial charge on any atom is 0.337 e. The number of benzene rings is 1. The minimum absolute atomic E-state index is 0.0826. The molecule has 0 bridgehead atoms. The summed E-state index contributed by atoms with van der Waals surface area (Å²) < 4.78 is 30.6. The van der Waals surface area contributed by atoms with Gasteiger partial charge in [-0.2, -0.15) is 4.31 Å². The van der Waals surface area contributed by atoms with Crippen LogP contribution in [0.15, 0.2) is 23.1 Å². The molecule has 0 amide bonds. The second kappa shape index (κ2) is 6.36. The average Bonchev–Trinajstić information content (AvgIpc) is 2.39. The van der Waals surface area contributed by atoms with E-state index in [4.69, 9.17) is 11.6 Å². The van der Waals surface area contributed by atoms with Crippen molar-refractivity contribution >= 4 is 27.6 Å². The Labute approximate surface area is 118 Å². The van der Waals surface area contributed by atoms with Crippen LogP contribution in [0.1, 0.15) is 24.2 Å². The van der Waals surface area contributed by atoms with Crippen LogP contribution in [0.5, 0.6) is 0 Å². The van der Waals surface area contributed by atoms with Crippen LogP contribution in [0.3, 0.4) is 0 Å². The first kappa shape index (κ1) is 15.9. The van der Waals surface area contributed by atoms with E-state index in [-0.39, 0.29) is 15.5 Å². The monoisotopic (exact) mass is 305 g/mol. The molecule has 19 heavy (non-hydrogen) atoms. The number of nitrogens with zero attached hydrogens (tertiary/aromatic N) is 1. The van der Waals surface area contributed by atoms with E-state index in [0.29, 0.717) is 13.1 Å². The van der Waals surface area contributed by atoms with Gasteiger partial charge in [-0.3, -0.25) is 0 Å². The molecule has 0 N–H and O–H groups in total. The van der Waals surface area contributed by atoms with Crippen LogP contribution in [0, 0.1) is 0 Å². The molecule has 0 saturated carbocycles. The number of rotatable bonds is 5. The van der Waals surface area contributed by atoms with Gasteiger partial charge in [0.05, 0.1) is 17.7 Å². The molecule has 0 aromatic heterocycles. The van der Waals surface area contributed by atoms with Crippen molar-refractivity contribution in [3.63, 3.8) is 0 Å². The average molecular weight is 306 g/mol. The molecular weight excluding hydrogens is 290 g/mol. The third-order valence-corrected chi connectivity index (χ3v) is 5.21. The molecule has 106 valence electrons. The van der Waals surface area contributed by atoms with E-state index in [1.807, 2.05) is 0 Å². The van der Waals surface area contributed by atoms with Crippen LogP contribution in [-0.2, 0) is 14.8 Å². The van der Waals surface area contributed by atoms with Crippen molar-refractivity contribution in [2.75, 3.05) is 20.2 Å². The van der Waals surface area contributed by atoms with E-state index in [1.165, 1.54) is 29.6 Å². The normalized spacial score (nSPS) is 11.6. The molecule has 7 heteroatoms. The van der Waals surface area contributed by atoms with Crippen molar-refractivity contribution in [3.05, 3.63) is 28.8 Å². The summed E-state index contributed by atoms with van der Waals surface area (Å²) in [5.41, 5.74) is 0.151. The fraction of sp³-hybridized carbons (Fsp3) is 0.417. The summed E-state index contributed by atoms with van der Waals surface area (Å²) in [5.74, 6) is -0.604. The molecule has 5 nitrogen and oxygen atoms in total. The van der Waals surface area contributed by atoms with Gasteiger partial charge in [0.1, 0.15) is 4.90 Å². The highest BCUT2D eigenvalue weighted by Gasteiger charge is 2.25. The number of esters is 1. The van der Waals surface area contributed by atoms with Crippen LogP contribution in [-0.4, -0.2) is 38.9 Å². The summed E-state index contributed by atoms with van der Waals surface area (Å²) >= 11 is 5.93. The number of methoxy groups -OCH3 is 1. The minimum atomic E-state index is -3.70.